The van der Waals surface area contributed by atoms with E-state index < -0.39 is 0 Å². The monoisotopic (exact) mass is 501 g/mol. The summed E-state index contributed by atoms with van der Waals surface area (Å²) in [4.78, 5) is 7.97. The van der Waals surface area contributed by atoms with Crippen molar-refractivity contribution < 1.29 is 32.5 Å². The van der Waals surface area contributed by atoms with Gasteiger partial charge in [-0.1, -0.05) is 46.4 Å². The third-order valence-electron chi connectivity index (χ3n) is 3.54. The molecule has 2 aromatic heterocycles. The van der Waals surface area contributed by atoms with Crippen LogP contribution in [0.1, 0.15) is 2.85 Å². The van der Waals surface area contributed by atoms with Gasteiger partial charge in [0.1, 0.15) is 11.0 Å². The van der Waals surface area contributed by atoms with Gasteiger partial charge in [0.05, 0.1) is 20.1 Å². The van der Waals surface area contributed by atoms with E-state index in [1.165, 1.54) is 12.1 Å². The summed E-state index contributed by atoms with van der Waals surface area (Å²) in [7, 11) is 0. The van der Waals surface area contributed by atoms with Gasteiger partial charge in [0.2, 0.25) is 0 Å². The fraction of sp³-hybridized carbons (Fsp3) is 0. The van der Waals surface area contributed by atoms with Crippen LogP contribution in [0.4, 0.5) is 0 Å². The first-order chi connectivity index (χ1) is 12.4. The first kappa shape index (κ1) is 24.8. The number of nitrogens with zero attached hydrogens (tertiary/aromatic N) is 2. The van der Waals surface area contributed by atoms with Crippen molar-refractivity contribution in [2.24, 2.45) is 0 Å². The second-order valence-corrected chi connectivity index (χ2v) is 6.81. The van der Waals surface area contributed by atoms with Gasteiger partial charge in [-0.05, 0) is 36.4 Å². The number of rotatable bonds is 0. The number of hydrogen-bond donors (Lipinski definition) is 2. The number of phenols is 2. The average Bonchev–Trinajstić information content (AvgIpc) is 2.65. The van der Waals surface area contributed by atoms with Crippen LogP contribution in [0.2, 0.25) is 20.1 Å². The normalized spacial score (nSPS) is 9.86. The smallest absolute Gasteiger partial charge is 1.00 e. The topological polar surface area (TPSA) is 66.2 Å². The van der Waals surface area contributed by atoms with Gasteiger partial charge in [0, 0.05) is 42.6 Å². The number of phenolic OH excluding ortho intramolecular Hbond substituents is 2. The molecule has 0 atom stereocenters. The zero-order valence-electron chi connectivity index (χ0n) is 16.3. The molecule has 28 heavy (non-hydrogen) atoms. The van der Waals surface area contributed by atoms with E-state index in [0.29, 0.717) is 31.9 Å². The standard InChI is InChI=1S/2C9H5Cl2NO.Be.Zn.2H/c2*10-6-4-7(11)9(13)8-5(6)2-1-3-12-8;;;;/h2*1-4,13H;;;;/q;;+2;;2*-1. The molecule has 138 valence electrons. The van der Waals surface area contributed by atoms with Gasteiger partial charge in [0.15, 0.2) is 11.5 Å². The van der Waals surface area contributed by atoms with Crippen molar-refractivity contribution in [2.45, 2.75) is 0 Å². The molecule has 2 aromatic carbocycles. The predicted octanol–water partition coefficient (Wildman–Crippen LogP) is 6.34. The molecule has 0 amide bonds. The SMILES string of the molecule is Oc1c(Cl)cc(Cl)c2cccnc12.Oc1c(Cl)cc(Cl)c2cccnc12.[Be+2].[H-].[H-].[Zn]. The van der Waals surface area contributed by atoms with E-state index in [4.69, 9.17) is 46.4 Å². The van der Waals surface area contributed by atoms with Gasteiger partial charge in [0.25, 0.3) is 0 Å². The van der Waals surface area contributed by atoms with Crippen LogP contribution in [0.15, 0.2) is 48.8 Å². The fourth-order valence-corrected chi connectivity index (χ4v) is 3.35. The Labute approximate surface area is 200 Å². The molecular weight excluding hydrogens is 492 g/mol. The minimum absolute atomic E-state index is 0. The molecule has 10 heteroatoms. The number of halogens is 4. The van der Waals surface area contributed by atoms with Gasteiger partial charge < -0.3 is 13.1 Å². The largest absolute Gasteiger partial charge is 2.00 e. The van der Waals surface area contributed by atoms with Gasteiger partial charge >= 0.3 is 10.1 Å². The Morgan fingerprint density at radius 3 is 1.39 bits per heavy atom. The summed E-state index contributed by atoms with van der Waals surface area (Å²) in [6, 6.07) is 10.1. The number of aromatic nitrogens is 2. The molecule has 4 aromatic rings. The van der Waals surface area contributed by atoms with Crippen molar-refractivity contribution in [1.82, 2.24) is 9.97 Å². The van der Waals surface area contributed by atoms with Crippen LogP contribution in [0, 0.1) is 0 Å². The number of hydrogen-bond acceptors (Lipinski definition) is 4. The van der Waals surface area contributed by atoms with Crippen molar-refractivity contribution in [3.8, 4) is 11.5 Å². The number of fused-ring (bicyclic) bond motifs is 2. The van der Waals surface area contributed by atoms with Crippen molar-refractivity contribution in [3.05, 3.63) is 68.9 Å². The first-order valence-corrected chi connectivity index (χ1v) is 8.74. The fourth-order valence-electron chi connectivity index (χ4n) is 2.31. The molecule has 2 heterocycles. The molecule has 0 aliphatic rings. The van der Waals surface area contributed by atoms with Crippen LogP contribution in [0.5, 0.6) is 11.5 Å². The molecule has 0 radical (unpaired) electrons. The van der Waals surface area contributed by atoms with E-state index in [2.05, 4.69) is 9.97 Å². The Hall–Kier alpha value is -1.19. The second-order valence-electron chi connectivity index (χ2n) is 5.18. The predicted molar refractivity (Wildman–Crippen MR) is 115 cm³/mol. The molecule has 2 N–H and O–H groups in total. The molecule has 0 aliphatic heterocycles. The minimum atomic E-state index is -0.0262. The van der Waals surface area contributed by atoms with Crippen LogP contribution in [0.3, 0.4) is 0 Å². The van der Waals surface area contributed by atoms with Gasteiger partial charge in [-0.2, -0.15) is 0 Å². The molecule has 0 saturated heterocycles. The van der Waals surface area contributed by atoms with Crippen LogP contribution < -0.4 is 0 Å². The summed E-state index contributed by atoms with van der Waals surface area (Å²) in [6.45, 7) is 0. The molecule has 0 saturated carbocycles. The Bertz CT molecular complexity index is 1050. The molecule has 0 fully saturated rings. The summed E-state index contributed by atoms with van der Waals surface area (Å²) in [5.41, 5.74) is 0.861. The van der Waals surface area contributed by atoms with E-state index >= 15 is 0 Å². The minimum Gasteiger partial charge on any atom is -1.00 e. The Morgan fingerprint density at radius 2 is 1.04 bits per heavy atom. The van der Waals surface area contributed by atoms with Crippen molar-refractivity contribution in [3.63, 3.8) is 0 Å². The van der Waals surface area contributed by atoms with Gasteiger partial charge in [-0.15, -0.1) is 0 Å². The van der Waals surface area contributed by atoms with Crippen LogP contribution in [-0.2, 0) is 19.5 Å². The van der Waals surface area contributed by atoms with Crippen molar-refractivity contribution in [1.29, 1.82) is 0 Å². The molecule has 0 spiro atoms. The van der Waals surface area contributed by atoms with Crippen LogP contribution in [0.25, 0.3) is 21.8 Å². The van der Waals surface area contributed by atoms with E-state index in [-0.39, 0.29) is 54.0 Å². The Kier molecular flexibility index (Phi) is 9.36. The molecule has 0 aliphatic carbocycles. The number of aromatic hydroxyl groups is 2. The van der Waals surface area contributed by atoms with E-state index in [0.717, 1.165) is 0 Å². The molecule has 0 bridgehead atoms. The zero-order chi connectivity index (χ0) is 18.8. The summed E-state index contributed by atoms with van der Waals surface area (Å²) >= 11 is 23.2. The number of pyridine rings is 2. The Morgan fingerprint density at radius 1 is 0.679 bits per heavy atom. The van der Waals surface area contributed by atoms with Gasteiger partial charge in [-0.25, -0.2) is 0 Å². The summed E-state index contributed by atoms with van der Waals surface area (Å²) in [5, 5.41) is 21.9. The maximum Gasteiger partial charge on any atom is 2.00 e. The maximum absolute atomic E-state index is 9.53. The Balaban J connectivity index is 0. The quantitative estimate of drug-likeness (QED) is 0.275. The summed E-state index contributed by atoms with van der Waals surface area (Å²) in [5.74, 6) is -0.0525. The summed E-state index contributed by atoms with van der Waals surface area (Å²) < 4.78 is 0. The van der Waals surface area contributed by atoms with E-state index in [1.54, 1.807) is 36.7 Å². The third-order valence-corrected chi connectivity index (χ3v) is 4.74. The van der Waals surface area contributed by atoms with Crippen LogP contribution >= 0.6 is 46.4 Å². The third kappa shape index (κ3) is 5.04. The molecular formula is C18H12BeCl4N2O2Zn. The first-order valence-electron chi connectivity index (χ1n) is 7.23. The van der Waals surface area contributed by atoms with Crippen molar-refractivity contribution >= 4 is 78.3 Å². The van der Waals surface area contributed by atoms with Crippen molar-refractivity contribution in [2.75, 3.05) is 0 Å². The number of benzene rings is 2. The maximum atomic E-state index is 9.53. The molecule has 4 rings (SSSR count). The summed E-state index contributed by atoms with van der Waals surface area (Å²) in [6.07, 6.45) is 3.16. The molecule has 4 nitrogen and oxygen atoms in total. The van der Waals surface area contributed by atoms with Crippen LogP contribution in [-0.4, -0.2) is 30.3 Å². The molecule has 0 unspecified atom stereocenters. The zero-order valence-corrected chi connectivity index (χ0v) is 20.3. The van der Waals surface area contributed by atoms with E-state index in [9.17, 15) is 10.2 Å². The van der Waals surface area contributed by atoms with Gasteiger partial charge in [-0.3, -0.25) is 9.97 Å². The van der Waals surface area contributed by atoms with E-state index in [1.807, 2.05) is 0 Å². The second kappa shape index (κ2) is 10.5. The average molecular weight is 505 g/mol.